The van der Waals surface area contributed by atoms with Crippen molar-refractivity contribution >= 4 is 11.6 Å². The molecule has 0 saturated carbocycles. The maximum absolute atomic E-state index is 14.1. The zero-order chi connectivity index (χ0) is 18.5. The van der Waals surface area contributed by atoms with E-state index in [1.165, 1.54) is 17.2 Å². The standard InChI is InChI=1S/C21H25FN2O2/c1-14(2)26-16-10-11-20(18(22)12-16)23-13-21(25)24-19-9-5-7-15-6-3-4-8-17(15)19/h3-4,6,8,10-12,14,19,23H,5,7,9,13H2,1-2H3,(H,24,25). The van der Waals surface area contributed by atoms with Gasteiger partial charge >= 0.3 is 0 Å². The number of hydrogen-bond donors (Lipinski definition) is 2. The Morgan fingerprint density at radius 2 is 2.08 bits per heavy atom. The molecule has 0 saturated heterocycles. The molecule has 1 aliphatic carbocycles. The van der Waals surface area contributed by atoms with Gasteiger partial charge in [-0.05, 0) is 56.4 Å². The fraction of sp³-hybridized carbons (Fsp3) is 0.381. The first kappa shape index (κ1) is 18.2. The summed E-state index contributed by atoms with van der Waals surface area (Å²) in [6.45, 7) is 3.80. The van der Waals surface area contributed by atoms with Crippen molar-refractivity contribution in [3.63, 3.8) is 0 Å². The minimum Gasteiger partial charge on any atom is -0.491 e. The molecule has 26 heavy (non-hydrogen) atoms. The summed E-state index contributed by atoms with van der Waals surface area (Å²) >= 11 is 0. The Balaban J connectivity index is 1.57. The molecule has 5 heteroatoms. The molecule has 138 valence electrons. The topological polar surface area (TPSA) is 50.4 Å². The average molecular weight is 356 g/mol. The number of anilines is 1. The van der Waals surface area contributed by atoms with Crippen molar-refractivity contribution in [1.29, 1.82) is 0 Å². The molecular weight excluding hydrogens is 331 g/mol. The highest BCUT2D eigenvalue weighted by Crippen LogP contribution is 2.29. The van der Waals surface area contributed by atoms with Crippen LogP contribution in [0.1, 0.15) is 43.9 Å². The normalized spacial score (nSPS) is 16.1. The molecule has 1 unspecified atom stereocenters. The number of carbonyl (C=O) groups excluding carboxylic acids is 1. The minimum absolute atomic E-state index is 0.0163. The smallest absolute Gasteiger partial charge is 0.239 e. The minimum atomic E-state index is -0.432. The van der Waals surface area contributed by atoms with Gasteiger partial charge in [0.2, 0.25) is 5.91 Å². The fourth-order valence-electron chi connectivity index (χ4n) is 3.31. The first-order valence-electron chi connectivity index (χ1n) is 9.10. The van der Waals surface area contributed by atoms with Gasteiger partial charge in [-0.2, -0.15) is 0 Å². The number of halogens is 1. The van der Waals surface area contributed by atoms with Crippen LogP contribution >= 0.6 is 0 Å². The number of ether oxygens (including phenoxy) is 1. The predicted octanol–water partition coefficient (Wildman–Crippen LogP) is 4.22. The second-order valence-corrected chi connectivity index (χ2v) is 6.87. The molecule has 0 heterocycles. The van der Waals surface area contributed by atoms with Crippen molar-refractivity contribution < 1.29 is 13.9 Å². The first-order valence-corrected chi connectivity index (χ1v) is 9.10. The van der Waals surface area contributed by atoms with Gasteiger partial charge in [-0.1, -0.05) is 24.3 Å². The van der Waals surface area contributed by atoms with Crippen LogP contribution in [0.15, 0.2) is 42.5 Å². The zero-order valence-corrected chi connectivity index (χ0v) is 15.2. The molecule has 1 aliphatic rings. The van der Waals surface area contributed by atoms with E-state index in [-0.39, 0.29) is 24.6 Å². The average Bonchev–Trinajstić information content (AvgIpc) is 2.61. The number of amides is 1. The summed E-state index contributed by atoms with van der Waals surface area (Å²) in [5.41, 5.74) is 2.78. The molecule has 0 fully saturated rings. The van der Waals surface area contributed by atoms with Crippen LogP contribution in [0.3, 0.4) is 0 Å². The molecule has 2 N–H and O–H groups in total. The summed E-state index contributed by atoms with van der Waals surface area (Å²) in [7, 11) is 0. The van der Waals surface area contributed by atoms with E-state index in [2.05, 4.69) is 22.8 Å². The van der Waals surface area contributed by atoms with Crippen LogP contribution in [0.25, 0.3) is 0 Å². The second kappa shape index (κ2) is 8.21. The summed E-state index contributed by atoms with van der Waals surface area (Å²) in [6.07, 6.45) is 3.02. The molecule has 0 bridgehead atoms. The van der Waals surface area contributed by atoms with E-state index in [1.54, 1.807) is 12.1 Å². The van der Waals surface area contributed by atoms with Crippen LogP contribution in [0.5, 0.6) is 5.75 Å². The summed E-state index contributed by atoms with van der Waals surface area (Å²) < 4.78 is 19.6. The van der Waals surface area contributed by atoms with Crippen LogP contribution in [0.4, 0.5) is 10.1 Å². The summed E-state index contributed by atoms with van der Waals surface area (Å²) in [6, 6.07) is 12.9. The number of nitrogens with one attached hydrogen (secondary N) is 2. The molecule has 1 atom stereocenters. The van der Waals surface area contributed by atoms with E-state index in [0.29, 0.717) is 11.4 Å². The number of hydrogen-bond acceptors (Lipinski definition) is 3. The van der Waals surface area contributed by atoms with Gasteiger partial charge in [0.15, 0.2) is 0 Å². The van der Waals surface area contributed by atoms with Crippen molar-refractivity contribution in [3.05, 3.63) is 59.4 Å². The molecule has 0 radical (unpaired) electrons. The van der Waals surface area contributed by atoms with E-state index >= 15 is 0 Å². The van der Waals surface area contributed by atoms with Crippen LogP contribution < -0.4 is 15.4 Å². The van der Waals surface area contributed by atoms with Crippen molar-refractivity contribution in [2.45, 2.75) is 45.3 Å². The summed E-state index contributed by atoms with van der Waals surface area (Å²) in [5, 5.41) is 5.92. The van der Waals surface area contributed by atoms with Gasteiger partial charge in [0.1, 0.15) is 11.6 Å². The lowest BCUT2D eigenvalue weighted by Gasteiger charge is -2.26. The highest BCUT2D eigenvalue weighted by Gasteiger charge is 2.21. The van der Waals surface area contributed by atoms with Gasteiger partial charge < -0.3 is 15.4 Å². The van der Waals surface area contributed by atoms with Crippen molar-refractivity contribution in [2.75, 3.05) is 11.9 Å². The molecule has 0 spiro atoms. The van der Waals surface area contributed by atoms with Gasteiger partial charge in [0.05, 0.1) is 24.4 Å². The SMILES string of the molecule is CC(C)Oc1ccc(NCC(=O)NC2CCCc3ccccc32)c(F)c1. The first-order chi connectivity index (χ1) is 12.5. The molecule has 0 aromatic heterocycles. The van der Waals surface area contributed by atoms with Gasteiger partial charge in [-0.3, -0.25) is 4.79 Å². The molecule has 2 aromatic carbocycles. The lowest BCUT2D eigenvalue weighted by Crippen LogP contribution is -2.35. The lowest BCUT2D eigenvalue weighted by atomic mass is 9.88. The van der Waals surface area contributed by atoms with Gasteiger partial charge in [0, 0.05) is 6.07 Å². The summed E-state index contributed by atoms with van der Waals surface area (Å²) in [5.74, 6) is -0.0983. The van der Waals surface area contributed by atoms with Crippen molar-refractivity contribution in [3.8, 4) is 5.75 Å². The van der Waals surface area contributed by atoms with Crippen molar-refractivity contribution in [2.24, 2.45) is 0 Å². The Morgan fingerprint density at radius 3 is 2.85 bits per heavy atom. The molecule has 0 aliphatic heterocycles. The Bertz CT molecular complexity index is 776. The number of benzene rings is 2. The summed E-state index contributed by atoms with van der Waals surface area (Å²) in [4.78, 5) is 12.3. The van der Waals surface area contributed by atoms with Crippen LogP contribution in [0.2, 0.25) is 0 Å². The van der Waals surface area contributed by atoms with Crippen molar-refractivity contribution in [1.82, 2.24) is 5.32 Å². The Kier molecular flexibility index (Phi) is 5.76. The molecule has 4 nitrogen and oxygen atoms in total. The molecule has 3 rings (SSSR count). The Hall–Kier alpha value is -2.56. The zero-order valence-electron chi connectivity index (χ0n) is 15.2. The van der Waals surface area contributed by atoms with E-state index in [9.17, 15) is 9.18 Å². The van der Waals surface area contributed by atoms with Gasteiger partial charge in [-0.25, -0.2) is 4.39 Å². The lowest BCUT2D eigenvalue weighted by molar-refractivity contribution is -0.120. The number of carbonyl (C=O) groups is 1. The molecular formula is C21H25FN2O2. The van der Waals surface area contributed by atoms with E-state index in [1.807, 2.05) is 26.0 Å². The largest absolute Gasteiger partial charge is 0.491 e. The van der Waals surface area contributed by atoms with E-state index in [4.69, 9.17) is 4.74 Å². The highest BCUT2D eigenvalue weighted by molar-refractivity contribution is 5.81. The van der Waals surface area contributed by atoms with E-state index in [0.717, 1.165) is 19.3 Å². The van der Waals surface area contributed by atoms with E-state index < -0.39 is 5.82 Å². The molecule has 2 aromatic rings. The highest BCUT2D eigenvalue weighted by atomic mass is 19.1. The maximum Gasteiger partial charge on any atom is 0.239 e. The van der Waals surface area contributed by atoms with Crippen LogP contribution in [-0.4, -0.2) is 18.6 Å². The third-order valence-corrected chi connectivity index (χ3v) is 4.46. The Labute approximate surface area is 153 Å². The number of aryl methyl sites for hydroxylation is 1. The second-order valence-electron chi connectivity index (χ2n) is 6.87. The van der Waals surface area contributed by atoms with Gasteiger partial charge in [0.25, 0.3) is 0 Å². The number of fused-ring (bicyclic) bond motifs is 1. The quantitative estimate of drug-likeness (QED) is 0.815. The maximum atomic E-state index is 14.1. The third kappa shape index (κ3) is 4.54. The van der Waals surface area contributed by atoms with Gasteiger partial charge in [-0.15, -0.1) is 0 Å². The third-order valence-electron chi connectivity index (χ3n) is 4.46. The molecule has 1 amide bonds. The Morgan fingerprint density at radius 1 is 1.27 bits per heavy atom. The fourth-order valence-corrected chi connectivity index (χ4v) is 3.31. The monoisotopic (exact) mass is 356 g/mol. The van der Waals surface area contributed by atoms with Crippen LogP contribution in [-0.2, 0) is 11.2 Å². The van der Waals surface area contributed by atoms with Crippen LogP contribution in [0, 0.1) is 5.82 Å². The predicted molar refractivity (Wildman–Crippen MR) is 101 cm³/mol. The number of rotatable bonds is 6.